The van der Waals surface area contributed by atoms with Gasteiger partial charge in [-0.1, -0.05) is 40.9 Å². The Morgan fingerprint density at radius 1 is 1.09 bits per heavy atom. The van der Waals surface area contributed by atoms with Gasteiger partial charge in [-0.05, 0) is 38.4 Å². The van der Waals surface area contributed by atoms with Gasteiger partial charge in [0.15, 0.2) is 29.8 Å². The molecule has 7 atom stereocenters. The van der Waals surface area contributed by atoms with Gasteiger partial charge in [-0.25, -0.2) is 9.59 Å². The van der Waals surface area contributed by atoms with E-state index in [0.717, 1.165) is 16.7 Å². The van der Waals surface area contributed by atoms with Crippen LogP contribution in [-0.4, -0.2) is 110 Å². The van der Waals surface area contributed by atoms with E-state index in [2.05, 4.69) is 27.3 Å². The molecule has 0 aromatic heterocycles. The Hall–Kier alpha value is -3.56. The summed E-state index contributed by atoms with van der Waals surface area (Å²) in [7, 11) is 5.09. The van der Waals surface area contributed by atoms with E-state index in [4.69, 9.17) is 72.7 Å². The summed E-state index contributed by atoms with van der Waals surface area (Å²) in [4.78, 5) is 43.8. The number of esters is 2. The quantitative estimate of drug-likeness (QED) is 0.172. The number of benzene rings is 2. The van der Waals surface area contributed by atoms with E-state index in [1.165, 1.54) is 25.8 Å². The fraction of sp³-hybridized carbons (Fsp3) is 0.556. The van der Waals surface area contributed by atoms with Crippen molar-refractivity contribution in [3.63, 3.8) is 0 Å². The first-order chi connectivity index (χ1) is 26.2. The summed E-state index contributed by atoms with van der Waals surface area (Å²) < 4.78 is 45.0. The number of amides is 1. The number of halogens is 3. The van der Waals surface area contributed by atoms with Crippen molar-refractivity contribution < 1.29 is 52.3 Å². The highest BCUT2D eigenvalue weighted by molar-refractivity contribution is 7.99. The predicted octanol–water partition coefficient (Wildman–Crippen LogP) is 4.97. The third-order valence-corrected chi connectivity index (χ3v) is 12.3. The molecule has 19 heteroatoms. The summed E-state index contributed by atoms with van der Waals surface area (Å²) in [5, 5.41) is 13.0. The van der Waals surface area contributed by atoms with Gasteiger partial charge in [0.2, 0.25) is 10.6 Å². The number of aryl methyl sites for hydroxylation is 1. The van der Waals surface area contributed by atoms with Crippen LogP contribution < -0.4 is 29.0 Å². The second-order valence-electron chi connectivity index (χ2n) is 13.8. The van der Waals surface area contributed by atoms with Crippen molar-refractivity contribution in [2.24, 2.45) is 0 Å². The number of nitriles is 1. The molecule has 2 aromatic rings. The molecule has 5 aliphatic heterocycles. The van der Waals surface area contributed by atoms with E-state index in [1.807, 2.05) is 14.0 Å². The van der Waals surface area contributed by atoms with Crippen molar-refractivity contribution in [2.75, 3.05) is 53.8 Å². The summed E-state index contributed by atoms with van der Waals surface area (Å²) in [6.45, 7) is 4.06. The van der Waals surface area contributed by atoms with E-state index in [0.29, 0.717) is 46.1 Å². The Kier molecular flexibility index (Phi) is 11.1. The third kappa shape index (κ3) is 6.96. The van der Waals surface area contributed by atoms with Crippen LogP contribution in [0.15, 0.2) is 6.07 Å². The first kappa shape index (κ1) is 39.7. The van der Waals surface area contributed by atoms with Gasteiger partial charge in [0.1, 0.15) is 31.0 Å². The number of thioether (sulfide) groups is 1. The molecule has 1 unspecified atom stereocenters. The fourth-order valence-corrected chi connectivity index (χ4v) is 10.3. The van der Waals surface area contributed by atoms with Crippen molar-refractivity contribution >= 4 is 64.6 Å². The van der Waals surface area contributed by atoms with Crippen molar-refractivity contribution in [1.82, 2.24) is 15.1 Å². The zero-order valence-electron chi connectivity index (χ0n) is 30.7. The summed E-state index contributed by atoms with van der Waals surface area (Å²) >= 11 is 18.7. The molecule has 2 aromatic carbocycles. The number of hydrogen-bond acceptors (Lipinski definition) is 15. The number of nitrogens with one attached hydrogen (secondary N) is 1. The number of carbonyl (C=O) groups excluding carboxylic acids is 3. The van der Waals surface area contributed by atoms with Crippen LogP contribution in [0.4, 0.5) is 4.79 Å². The largest absolute Gasteiger partial charge is 0.493 e. The fourth-order valence-electron chi connectivity index (χ4n) is 8.64. The lowest BCUT2D eigenvalue weighted by molar-refractivity contribution is -0.151. The van der Waals surface area contributed by atoms with Gasteiger partial charge in [-0.15, -0.1) is 11.8 Å². The molecule has 1 amide bonds. The first-order valence-electron chi connectivity index (χ1n) is 17.3. The maximum absolute atomic E-state index is 13.8. The highest BCUT2D eigenvalue weighted by Gasteiger charge is 2.61. The van der Waals surface area contributed by atoms with Crippen LogP contribution in [0.5, 0.6) is 28.7 Å². The number of piperazine rings is 1. The highest BCUT2D eigenvalue weighted by Crippen LogP contribution is 2.64. The lowest BCUT2D eigenvalue weighted by Gasteiger charge is -2.61. The zero-order valence-corrected chi connectivity index (χ0v) is 33.8. The summed E-state index contributed by atoms with van der Waals surface area (Å²) in [6, 6.07) is 0.615. The average Bonchev–Trinajstić information content (AvgIpc) is 3.62. The number of hydrogen-bond donors (Lipinski definition) is 1. The van der Waals surface area contributed by atoms with E-state index in [-0.39, 0.29) is 37.7 Å². The van der Waals surface area contributed by atoms with Crippen molar-refractivity contribution in [3.8, 4) is 34.8 Å². The molecule has 55 heavy (non-hydrogen) atoms. The smallest absolute Gasteiger partial charge is 0.408 e. The molecule has 0 radical (unpaired) electrons. The zero-order chi connectivity index (χ0) is 39.5. The second kappa shape index (κ2) is 15.4. The molecule has 4 bridgehead atoms. The van der Waals surface area contributed by atoms with Crippen LogP contribution in [0.2, 0.25) is 0 Å². The Balaban J connectivity index is 1.46. The number of likely N-dealkylation sites (N-methyl/N-ethyl adjacent to an activating group) is 1. The Morgan fingerprint density at radius 3 is 2.51 bits per heavy atom. The van der Waals surface area contributed by atoms with E-state index in [9.17, 15) is 19.6 Å². The number of ether oxygens (including phenoxy) is 8. The molecule has 0 spiro atoms. The molecule has 2 saturated heterocycles. The molecule has 296 valence electrons. The van der Waals surface area contributed by atoms with Crippen LogP contribution >= 0.6 is 46.6 Å². The van der Waals surface area contributed by atoms with Gasteiger partial charge in [-0.3, -0.25) is 14.6 Å². The van der Waals surface area contributed by atoms with Gasteiger partial charge in [0.05, 0.1) is 30.5 Å². The van der Waals surface area contributed by atoms with Crippen molar-refractivity contribution in [2.45, 2.75) is 72.5 Å². The summed E-state index contributed by atoms with van der Waals surface area (Å²) in [5.41, 5.74) is 4.45. The van der Waals surface area contributed by atoms with Gasteiger partial charge >= 0.3 is 18.0 Å². The van der Waals surface area contributed by atoms with Crippen LogP contribution in [-0.2, 0) is 30.2 Å². The Bertz CT molecular complexity index is 1960. The van der Waals surface area contributed by atoms with Gasteiger partial charge in [-0.2, -0.15) is 5.26 Å². The van der Waals surface area contributed by atoms with E-state index < -0.39 is 63.9 Å². The minimum Gasteiger partial charge on any atom is -0.493 e. The van der Waals surface area contributed by atoms with Crippen molar-refractivity contribution in [1.29, 1.82) is 5.26 Å². The number of methoxy groups -OCH3 is 2. The standard InChI is InChI=1S/C36H39Cl3N4O11S/c1-15-7-18-8-20-21(9-40)43-22-10-49-34(45)19(41-35(46)50-12-36(37,38)39)11-55-33(25-24(22)32-30(52-14-53-32)16(2)29(25)54-17(3)44)27(43)26(42(20)4)23(18)31(28(15)48-6)51-13-47-5/h7,19-22,26-27,33H,8,10-14H2,1-6H3,(H,41,46)/t19-,20-,21+,22+,26+,27?,33-/m1/s1. The summed E-state index contributed by atoms with van der Waals surface area (Å²) in [6.07, 6.45) is -0.492. The van der Waals surface area contributed by atoms with E-state index in [1.54, 1.807) is 14.0 Å². The molecule has 0 saturated carbocycles. The minimum atomic E-state index is -1.88. The number of cyclic esters (lactones) is 1. The van der Waals surface area contributed by atoms with Crippen molar-refractivity contribution in [3.05, 3.63) is 39.4 Å². The number of carbonyl (C=O) groups is 3. The van der Waals surface area contributed by atoms with Crippen LogP contribution in [0.25, 0.3) is 0 Å². The number of alkyl halides is 3. The number of alkyl carbamates (subject to hydrolysis) is 1. The third-order valence-electron chi connectivity index (χ3n) is 10.6. The SMILES string of the molecule is COCOc1c(OC)c(C)cc2c1[C@H]1C3[C@@H]4SC[C@@H](NC(=O)OCC(Cl)(Cl)Cl)C(=O)OC[C@@H](c5c6c(c(C)c(OC(C)=O)c54)OCO6)N3[C@@H](C#N)[C@@H](C2)N1C. The Morgan fingerprint density at radius 2 is 1.84 bits per heavy atom. The molecule has 2 fully saturated rings. The second-order valence-corrected chi connectivity index (χ2v) is 17.5. The van der Waals surface area contributed by atoms with Gasteiger partial charge in [0.25, 0.3) is 0 Å². The first-order valence-corrected chi connectivity index (χ1v) is 19.5. The molecular formula is C36H39Cl3N4O11S. The van der Waals surface area contributed by atoms with Crippen LogP contribution in [0.3, 0.4) is 0 Å². The highest BCUT2D eigenvalue weighted by atomic mass is 35.6. The number of rotatable bonds is 7. The maximum atomic E-state index is 13.8. The maximum Gasteiger partial charge on any atom is 0.408 e. The molecule has 15 nitrogen and oxygen atoms in total. The predicted molar refractivity (Wildman–Crippen MR) is 199 cm³/mol. The molecule has 1 N–H and O–H groups in total. The molecule has 5 heterocycles. The van der Waals surface area contributed by atoms with Gasteiger partial charge < -0.3 is 43.2 Å². The number of nitrogens with zero attached hydrogens (tertiary/aromatic N) is 3. The van der Waals surface area contributed by atoms with Gasteiger partial charge in [0, 0.05) is 54.1 Å². The monoisotopic (exact) mass is 840 g/mol. The molecular weight excluding hydrogens is 803 g/mol. The number of fused-ring (bicyclic) bond motifs is 9. The normalized spacial score (nSPS) is 26.8. The molecule has 7 rings (SSSR count). The lowest BCUT2D eigenvalue weighted by Crippen LogP contribution is -2.69. The summed E-state index contributed by atoms with van der Waals surface area (Å²) in [5.74, 6) is 0.798. The van der Waals surface area contributed by atoms with Crippen LogP contribution in [0, 0.1) is 25.2 Å². The topological polar surface area (TPSA) is 167 Å². The lowest BCUT2D eigenvalue weighted by atomic mass is 9.71. The molecule has 0 aliphatic carbocycles. The Labute approximate surface area is 336 Å². The van der Waals surface area contributed by atoms with E-state index >= 15 is 0 Å². The van der Waals surface area contributed by atoms with Crippen LogP contribution in [0.1, 0.15) is 57.6 Å². The average molecular weight is 842 g/mol. The molecule has 5 aliphatic rings. The minimum absolute atomic E-state index is 0.0397.